The van der Waals surface area contributed by atoms with Gasteiger partial charge in [0.25, 0.3) is 5.91 Å². The molecular formula is C17H17ClN2O2. The number of carbonyl (C=O) groups excluding carboxylic acids is 1. The Balaban J connectivity index is 1.91. The van der Waals surface area contributed by atoms with Gasteiger partial charge in [0, 0.05) is 0 Å². The molecule has 2 rings (SSSR count). The smallest absolute Gasteiger partial charge is 0.277 e. The van der Waals surface area contributed by atoms with Gasteiger partial charge in [-0.3, -0.25) is 4.79 Å². The molecule has 0 fully saturated rings. The number of nitrogens with zero attached hydrogens (tertiary/aromatic N) is 1. The van der Waals surface area contributed by atoms with Gasteiger partial charge in [-0.05, 0) is 24.1 Å². The molecule has 0 spiro atoms. The van der Waals surface area contributed by atoms with Gasteiger partial charge in [0.2, 0.25) is 0 Å². The molecule has 0 aliphatic rings. The van der Waals surface area contributed by atoms with Crippen molar-refractivity contribution in [2.75, 3.05) is 6.61 Å². The highest BCUT2D eigenvalue weighted by Gasteiger charge is 2.06. The maximum absolute atomic E-state index is 11.8. The van der Waals surface area contributed by atoms with E-state index in [1.54, 1.807) is 24.3 Å². The van der Waals surface area contributed by atoms with Gasteiger partial charge in [-0.2, -0.15) is 5.10 Å². The molecule has 0 saturated carbocycles. The van der Waals surface area contributed by atoms with E-state index >= 15 is 0 Å². The zero-order chi connectivity index (χ0) is 15.8. The van der Waals surface area contributed by atoms with Crippen molar-refractivity contribution >= 4 is 23.2 Å². The molecule has 0 aromatic heterocycles. The fourth-order valence-corrected chi connectivity index (χ4v) is 2.04. The molecule has 2 aromatic rings. The summed E-state index contributed by atoms with van der Waals surface area (Å²) in [6, 6.07) is 16.7. The Kier molecular flexibility index (Phi) is 5.98. The van der Waals surface area contributed by atoms with Crippen LogP contribution in [-0.4, -0.2) is 18.2 Å². The van der Waals surface area contributed by atoms with Gasteiger partial charge in [-0.1, -0.05) is 61.0 Å². The van der Waals surface area contributed by atoms with E-state index in [0.29, 0.717) is 10.8 Å². The fourth-order valence-electron chi connectivity index (χ4n) is 1.85. The first kappa shape index (κ1) is 16.0. The number of para-hydroxylation sites is 1. The van der Waals surface area contributed by atoms with Gasteiger partial charge >= 0.3 is 0 Å². The number of hydrogen-bond acceptors (Lipinski definition) is 3. The summed E-state index contributed by atoms with van der Waals surface area (Å²) in [6.07, 6.45) is 0.718. The number of rotatable bonds is 6. The lowest BCUT2D eigenvalue weighted by Crippen LogP contribution is -2.26. The molecule has 0 bridgehead atoms. The molecule has 0 heterocycles. The standard InChI is InChI=1S/C17H17ClN2O2/c1-2-15(13-8-4-3-5-9-13)19-20-17(21)12-22-16-11-7-6-10-14(16)18/h3-11H,2,12H2,1H3,(H,20,21)/b19-15-. The van der Waals surface area contributed by atoms with Crippen molar-refractivity contribution in [1.29, 1.82) is 0 Å². The van der Waals surface area contributed by atoms with Crippen LogP contribution in [0, 0.1) is 0 Å². The quantitative estimate of drug-likeness (QED) is 0.653. The van der Waals surface area contributed by atoms with Crippen molar-refractivity contribution in [3.63, 3.8) is 0 Å². The van der Waals surface area contributed by atoms with Crippen LogP contribution in [0.2, 0.25) is 5.02 Å². The summed E-state index contributed by atoms with van der Waals surface area (Å²) in [5.74, 6) is 0.142. The molecule has 114 valence electrons. The average Bonchev–Trinajstić information content (AvgIpc) is 2.55. The topological polar surface area (TPSA) is 50.7 Å². The van der Waals surface area contributed by atoms with Crippen LogP contribution in [-0.2, 0) is 4.79 Å². The van der Waals surface area contributed by atoms with Crippen molar-refractivity contribution in [2.24, 2.45) is 5.10 Å². The molecule has 0 radical (unpaired) electrons. The molecule has 1 amide bonds. The predicted molar refractivity (Wildman–Crippen MR) is 88.4 cm³/mol. The second-order valence-corrected chi connectivity index (χ2v) is 4.94. The summed E-state index contributed by atoms with van der Waals surface area (Å²) in [5, 5.41) is 4.62. The number of nitrogens with one attached hydrogen (secondary N) is 1. The number of hydrazone groups is 1. The molecule has 1 N–H and O–H groups in total. The Morgan fingerprint density at radius 3 is 2.50 bits per heavy atom. The summed E-state index contributed by atoms with van der Waals surface area (Å²) < 4.78 is 5.36. The van der Waals surface area contributed by atoms with E-state index in [1.807, 2.05) is 37.3 Å². The summed E-state index contributed by atoms with van der Waals surface area (Å²) in [7, 11) is 0. The first-order valence-electron chi connectivity index (χ1n) is 6.99. The second-order valence-electron chi connectivity index (χ2n) is 4.53. The molecule has 2 aromatic carbocycles. The van der Waals surface area contributed by atoms with Crippen LogP contribution >= 0.6 is 11.6 Å². The maximum atomic E-state index is 11.8. The highest BCUT2D eigenvalue weighted by atomic mass is 35.5. The molecule has 0 aliphatic heterocycles. The lowest BCUT2D eigenvalue weighted by Gasteiger charge is -2.08. The summed E-state index contributed by atoms with van der Waals surface area (Å²) in [5.41, 5.74) is 4.30. The minimum absolute atomic E-state index is 0.140. The zero-order valence-electron chi connectivity index (χ0n) is 12.3. The molecule has 4 nitrogen and oxygen atoms in total. The molecule has 0 atom stereocenters. The van der Waals surface area contributed by atoms with E-state index in [1.165, 1.54) is 0 Å². The van der Waals surface area contributed by atoms with Gasteiger partial charge < -0.3 is 4.74 Å². The highest BCUT2D eigenvalue weighted by Crippen LogP contribution is 2.22. The molecule has 22 heavy (non-hydrogen) atoms. The molecular weight excluding hydrogens is 300 g/mol. The lowest BCUT2D eigenvalue weighted by atomic mass is 10.1. The number of benzene rings is 2. The zero-order valence-corrected chi connectivity index (χ0v) is 13.0. The van der Waals surface area contributed by atoms with Gasteiger partial charge in [-0.25, -0.2) is 5.43 Å². The second kappa shape index (κ2) is 8.20. The molecule has 0 unspecified atom stereocenters. The molecule has 5 heteroatoms. The van der Waals surface area contributed by atoms with Gasteiger partial charge in [0.15, 0.2) is 6.61 Å². The minimum Gasteiger partial charge on any atom is -0.482 e. The van der Waals surface area contributed by atoms with Crippen molar-refractivity contribution in [1.82, 2.24) is 5.43 Å². The summed E-state index contributed by atoms with van der Waals surface area (Å²) >= 11 is 5.95. The highest BCUT2D eigenvalue weighted by molar-refractivity contribution is 6.32. The van der Waals surface area contributed by atoms with E-state index in [-0.39, 0.29) is 12.5 Å². The Bertz CT molecular complexity index is 657. The Hall–Kier alpha value is -2.33. The van der Waals surface area contributed by atoms with Gasteiger partial charge in [-0.15, -0.1) is 0 Å². The SMILES string of the molecule is CC/C(=N/NC(=O)COc1ccccc1Cl)c1ccccc1. The normalized spacial score (nSPS) is 11.1. The van der Waals surface area contributed by atoms with Crippen molar-refractivity contribution in [3.05, 3.63) is 65.2 Å². The van der Waals surface area contributed by atoms with E-state index in [4.69, 9.17) is 16.3 Å². The van der Waals surface area contributed by atoms with Gasteiger partial charge in [0.1, 0.15) is 5.75 Å². The molecule has 0 aliphatic carbocycles. The first-order chi connectivity index (χ1) is 10.7. The van der Waals surface area contributed by atoms with Gasteiger partial charge in [0.05, 0.1) is 10.7 Å². The number of ether oxygens (including phenoxy) is 1. The van der Waals surface area contributed by atoms with Crippen LogP contribution in [0.5, 0.6) is 5.75 Å². The average molecular weight is 317 g/mol. The monoisotopic (exact) mass is 316 g/mol. The van der Waals surface area contributed by atoms with E-state index in [2.05, 4.69) is 10.5 Å². The van der Waals surface area contributed by atoms with E-state index in [0.717, 1.165) is 17.7 Å². The predicted octanol–water partition coefficient (Wildman–Crippen LogP) is 3.65. The number of hydrogen-bond donors (Lipinski definition) is 1. The van der Waals surface area contributed by atoms with Crippen LogP contribution in [0.4, 0.5) is 0 Å². The third kappa shape index (κ3) is 4.60. The maximum Gasteiger partial charge on any atom is 0.277 e. The van der Waals surface area contributed by atoms with E-state index < -0.39 is 0 Å². The van der Waals surface area contributed by atoms with Crippen molar-refractivity contribution < 1.29 is 9.53 Å². The lowest BCUT2D eigenvalue weighted by molar-refractivity contribution is -0.123. The van der Waals surface area contributed by atoms with Crippen LogP contribution in [0.25, 0.3) is 0 Å². The van der Waals surface area contributed by atoms with Crippen molar-refractivity contribution in [3.8, 4) is 5.75 Å². The number of halogens is 1. The molecule has 0 saturated heterocycles. The Labute approximate surface area is 134 Å². The third-order valence-electron chi connectivity index (χ3n) is 2.95. The Morgan fingerprint density at radius 1 is 1.14 bits per heavy atom. The number of carbonyl (C=O) groups is 1. The van der Waals surface area contributed by atoms with Crippen molar-refractivity contribution in [2.45, 2.75) is 13.3 Å². The largest absolute Gasteiger partial charge is 0.482 e. The number of amides is 1. The third-order valence-corrected chi connectivity index (χ3v) is 3.27. The first-order valence-corrected chi connectivity index (χ1v) is 7.36. The minimum atomic E-state index is -0.332. The fraction of sp³-hybridized carbons (Fsp3) is 0.176. The Morgan fingerprint density at radius 2 is 1.82 bits per heavy atom. The van der Waals surface area contributed by atoms with Crippen LogP contribution in [0.1, 0.15) is 18.9 Å². The summed E-state index contributed by atoms with van der Waals surface area (Å²) in [4.78, 5) is 11.8. The van der Waals surface area contributed by atoms with Crippen LogP contribution < -0.4 is 10.2 Å². The van der Waals surface area contributed by atoms with Crippen LogP contribution in [0.3, 0.4) is 0 Å². The van der Waals surface area contributed by atoms with E-state index in [9.17, 15) is 4.79 Å². The van der Waals surface area contributed by atoms with Crippen LogP contribution in [0.15, 0.2) is 59.7 Å². The summed E-state index contributed by atoms with van der Waals surface area (Å²) in [6.45, 7) is 1.84.